The maximum Gasteiger partial charge on any atom is 0.227 e. The number of nitrogens with one attached hydrogen (secondary N) is 1. The number of benzene rings is 1. The van der Waals surface area contributed by atoms with Crippen LogP contribution in [-0.2, 0) is 14.8 Å². The summed E-state index contributed by atoms with van der Waals surface area (Å²) < 4.78 is 30.1. The Morgan fingerprint density at radius 3 is 2.57 bits per heavy atom. The molecule has 1 saturated heterocycles. The monoisotopic (exact) mass is 340 g/mol. The van der Waals surface area contributed by atoms with Gasteiger partial charge in [0.05, 0.1) is 18.6 Å². The molecule has 0 aromatic heterocycles. The van der Waals surface area contributed by atoms with E-state index < -0.39 is 10.0 Å². The quantitative estimate of drug-likeness (QED) is 0.860. The molecule has 6 nitrogen and oxygen atoms in total. The van der Waals surface area contributed by atoms with E-state index in [0.29, 0.717) is 44.0 Å². The van der Waals surface area contributed by atoms with E-state index in [1.807, 2.05) is 31.2 Å². The summed E-state index contributed by atoms with van der Waals surface area (Å²) in [6.45, 7) is 3.41. The van der Waals surface area contributed by atoms with Crippen molar-refractivity contribution in [1.29, 1.82) is 0 Å². The van der Waals surface area contributed by atoms with Crippen LogP contribution in [-0.4, -0.2) is 44.6 Å². The van der Waals surface area contributed by atoms with Crippen LogP contribution in [0.5, 0.6) is 5.75 Å². The number of amides is 1. The highest BCUT2D eigenvalue weighted by molar-refractivity contribution is 7.88. The number of carbonyl (C=O) groups excluding carboxylic acids is 1. The Kier molecular flexibility index (Phi) is 6.01. The molecule has 1 N–H and O–H groups in total. The summed E-state index contributed by atoms with van der Waals surface area (Å²) in [5.74, 6) is 0.411. The fourth-order valence-electron chi connectivity index (χ4n) is 2.59. The van der Waals surface area contributed by atoms with Crippen LogP contribution in [0.3, 0.4) is 0 Å². The van der Waals surface area contributed by atoms with Gasteiger partial charge in [0.2, 0.25) is 15.9 Å². The molecule has 1 aliphatic rings. The molecule has 1 heterocycles. The highest BCUT2D eigenvalue weighted by Gasteiger charge is 2.29. The zero-order valence-electron chi connectivity index (χ0n) is 13.6. The number of hydrogen-bond acceptors (Lipinski definition) is 4. The van der Waals surface area contributed by atoms with Crippen molar-refractivity contribution in [2.24, 2.45) is 5.92 Å². The molecule has 0 bridgehead atoms. The van der Waals surface area contributed by atoms with Gasteiger partial charge in [0.15, 0.2) is 0 Å². The van der Waals surface area contributed by atoms with Crippen molar-refractivity contribution >= 4 is 21.6 Å². The van der Waals surface area contributed by atoms with Crippen LogP contribution in [0.15, 0.2) is 24.3 Å². The van der Waals surface area contributed by atoms with Crippen molar-refractivity contribution in [2.45, 2.75) is 26.2 Å². The van der Waals surface area contributed by atoms with Crippen molar-refractivity contribution in [1.82, 2.24) is 4.31 Å². The van der Waals surface area contributed by atoms with E-state index in [1.54, 1.807) is 0 Å². The zero-order valence-corrected chi connectivity index (χ0v) is 14.4. The number of hydrogen-bond donors (Lipinski definition) is 1. The van der Waals surface area contributed by atoms with E-state index in [0.717, 1.165) is 6.42 Å². The summed E-state index contributed by atoms with van der Waals surface area (Å²) in [6.07, 6.45) is 3.18. The number of rotatable bonds is 6. The minimum Gasteiger partial charge on any atom is -0.491 e. The SMILES string of the molecule is CCCOc1ccccc1NC(=O)C1CCN(S(C)(=O)=O)CC1. The van der Waals surface area contributed by atoms with Gasteiger partial charge in [-0.25, -0.2) is 12.7 Å². The second-order valence-electron chi connectivity index (χ2n) is 5.77. The lowest BCUT2D eigenvalue weighted by molar-refractivity contribution is -0.120. The van der Waals surface area contributed by atoms with Crippen molar-refractivity contribution in [3.05, 3.63) is 24.3 Å². The molecule has 1 amide bonds. The van der Waals surface area contributed by atoms with E-state index in [1.165, 1.54) is 10.6 Å². The molecule has 0 saturated carbocycles. The van der Waals surface area contributed by atoms with Crippen molar-refractivity contribution in [2.75, 3.05) is 31.3 Å². The number of ether oxygens (including phenoxy) is 1. The molecule has 0 atom stereocenters. The average molecular weight is 340 g/mol. The molecule has 128 valence electrons. The summed E-state index contributed by atoms with van der Waals surface area (Å²) in [4.78, 5) is 12.4. The first-order chi connectivity index (χ1) is 10.9. The van der Waals surface area contributed by atoms with E-state index in [2.05, 4.69) is 5.32 Å². The summed E-state index contributed by atoms with van der Waals surface area (Å²) in [5, 5.41) is 2.91. The molecule has 1 fully saturated rings. The third-order valence-electron chi connectivity index (χ3n) is 3.90. The largest absolute Gasteiger partial charge is 0.491 e. The zero-order chi connectivity index (χ0) is 16.9. The van der Waals surface area contributed by atoms with Gasteiger partial charge in [-0.3, -0.25) is 4.79 Å². The average Bonchev–Trinajstić information content (AvgIpc) is 2.53. The predicted octanol–water partition coefficient (Wildman–Crippen LogP) is 2.09. The van der Waals surface area contributed by atoms with E-state index in [9.17, 15) is 13.2 Å². The smallest absolute Gasteiger partial charge is 0.227 e. The number of carbonyl (C=O) groups is 1. The Morgan fingerprint density at radius 2 is 1.96 bits per heavy atom. The van der Waals surface area contributed by atoms with E-state index in [-0.39, 0.29) is 11.8 Å². The van der Waals surface area contributed by atoms with Crippen LogP contribution < -0.4 is 10.1 Å². The maximum atomic E-state index is 12.4. The fourth-order valence-corrected chi connectivity index (χ4v) is 3.47. The first-order valence-corrected chi connectivity index (χ1v) is 9.74. The normalized spacial score (nSPS) is 17.0. The van der Waals surface area contributed by atoms with Gasteiger partial charge in [0, 0.05) is 19.0 Å². The highest BCUT2D eigenvalue weighted by atomic mass is 32.2. The van der Waals surface area contributed by atoms with Gasteiger partial charge in [0.25, 0.3) is 0 Å². The van der Waals surface area contributed by atoms with Crippen LogP contribution in [0.25, 0.3) is 0 Å². The molecule has 1 aromatic rings. The van der Waals surface area contributed by atoms with Crippen LogP contribution in [0.4, 0.5) is 5.69 Å². The number of piperidine rings is 1. The molecule has 7 heteroatoms. The Morgan fingerprint density at radius 1 is 1.30 bits per heavy atom. The number of para-hydroxylation sites is 2. The molecule has 0 aliphatic carbocycles. The summed E-state index contributed by atoms with van der Waals surface area (Å²) in [5.41, 5.74) is 0.663. The standard InChI is InChI=1S/C16H24N2O4S/c1-3-12-22-15-7-5-4-6-14(15)17-16(19)13-8-10-18(11-9-13)23(2,20)21/h4-7,13H,3,8-12H2,1-2H3,(H,17,19). The van der Waals surface area contributed by atoms with Crippen LogP contribution >= 0.6 is 0 Å². The lowest BCUT2D eigenvalue weighted by Crippen LogP contribution is -2.40. The van der Waals surface area contributed by atoms with Crippen molar-refractivity contribution in [3.63, 3.8) is 0 Å². The molecule has 0 unspecified atom stereocenters. The van der Waals surface area contributed by atoms with Crippen LogP contribution in [0.2, 0.25) is 0 Å². The van der Waals surface area contributed by atoms with E-state index >= 15 is 0 Å². The van der Waals surface area contributed by atoms with Gasteiger partial charge in [-0.1, -0.05) is 19.1 Å². The van der Waals surface area contributed by atoms with Crippen LogP contribution in [0, 0.1) is 5.92 Å². The lowest BCUT2D eigenvalue weighted by Gasteiger charge is -2.29. The third-order valence-corrected chi connectivity index (χ3v) is 5.20. The van der Waals surface area contributed by atoms with Gasteiger partial charge in [-0.2, -0.15) is 0 Å². The molecule has 2 rings (SSSR count). The van der Waals surface area contributed by atoms with Crippen molar-refractivity contribution in [3.8, 4) is 5.75 Å². The number of sulfonamides is 1. The van der Waals surface area contributed by atoms with Gasteiger partial charge in [-0.15, -0.1) is 0 Å². The van der Waals surface area contributed by atoms with E-state index in [4.69, 9.17) is 4.74 Å². The van der Waals surface area contributed by atoms with Crippen LogP contribution in [0.1, 0.15) is 26.2 Å². The molecule has 1 aliphatic heterocycles. The molecule has 0 spiro atoms. The summed E-state index contributed by atoms with van der Waals surface area (Å²) in [7, 11) is -3.17. The second-order valence-corrected chi connectivity index (χ2v) is 7.75. The Bertz CT molecular complexity index is 637. The Hall–Kier alpha value is -1.60. The third kappa shape index (κ3) is 4.94. The summed E-state index contributed by atoms with van der Waals surface area (Å²) in [6, 6.07) is 7.36. The van der Waals surface area contributed by atoms with Gasteiger partial charge >= 0.3 is 0 Å². The Labute approximate surface area is 137 Å². The van der Waals surface area contributed by atoms with Gasteiger partial charge < -0.3 is 10.1 Å². The highest BCUT2D eigenvalue weighted by Crippen LogP contribution is 2.26. The predicted molar refractivity (Wildman–Crippen MR) is 90.0 cm³/mol. The summed E-state index contributed by atoms with van der Waals surface area (Å²) >= 11 is 0. The second kappa shape index (κ2) is 7.79. The van der Waals surface area contributed by atoms with Gasteiger partial charge in [-0.05, 0) is 31.4 Å². The number of anilines is 1. The Balaban J connectivity index is 1.96. The molecular formula is C16H24N2O4S. The molecule has 1 aromatic carbocycles. The molecular weight excluding hydrogens is 316 g/mol. The molecule has 0 radical (unpaired) electrons. The van der Waals surface area contributed by atoms with Gasteiger partial charge in [0.1, 0.15) is 5.75 Å². The molecule has 23 heavy (non-hydrogen) atoms. The number of nitrogens with zero attached hydrogens (tertiary/aromatic N) is 1. The fraction of sp³-hybridized carbons (Fsp3) is 0.562. The topological polar surface area (TPSA) is 75.7 Å². The first kappa shape index (κ1) is 17.7. The minimum atomic E-state index is -3.17. The lowest BCUT2D eigenvalue weighted by atomic mass is 9.97. The first-order valence-electron chi connectivity index (χ1n) is 7.89. The maximum absolute atomic E-state index is 12.4. The van der Waals surface area contributed by atoms with Crippen molar-refractivity contribution < 1.29 is 17.9 Å². The minimum absolute atomic E-state index is 0.0781.